The number of aromatic nitrogens is 3. The van der Waals surface area contributed by atoms with E-state index in [2.05, 4.69) is 25.4 Å². The molecule has 1 aromatic heterocycles. The zero-order valence-corrected chi connectivity index (χ0v) is 13.7. The molecular weight excluding hydrogens is 302 g/mol. The van der Waals surface area contributed by atoms with Gasteiger partial charge in [0.2, 0.25) is 5.91 Å². The van der Waals surface area contributed by atoms with Crippen molar-refractivity contribution < 1.29 is 9.59 Å². The summed E-state index contributed by atoms with van der Waals surface area (Å²) in [5, 5.41) is 14.3. The SMILES string of the molecule is CC(C)NC(=O)NC(=O)CSc1nnc(C2CC2)n1C1CC1. The number of nitrogens with zero attached hydrogens (tertiary/aromatic N) is 3. The molecule has 0 unspecified atom stereocenters. The number of hydrogen-bond acceptors (Lipinski definition) is 5. The van der Waals surface area contributed by atoms with Crippen molar-refractivity contribution in [3.63, 3.8) is 0 Å². The normalized spacial score (nSPS) is 17.6. The molecular formula is C14H21N5O2S. The smallest absolute Gasteiger partial charge is 0.321 e. The maximum Gasteiger partial charge on any atom is 0.321 e. The van der Waals surface area contributed by atoms with Gasteiger partial charge in [-0.3, -0.25) is 10.1 Å². The molecule has 2 N–H and O–H groups in total. The Morgan fingerprint density at radius 1 is 1.27 bits per heavy atom. The quantitative estimate of drug-likeness (QED) is 0.780. The Hall–Kier alpha value is -1.57. The third-order valence-corrected chi connectivity index (χ3v) is 4.49. The van der Waals surface area contributed by atoms with E-state index in [4.69, 9.17) is 0 Å². The average Bonchev–Trinajstić information content (AvgIpc) is 3.34. The number of amides is 3. The van der Waals surface area contributed by atoms with Gasteiger partial charge in [-0.05, 0) is 39.5 Å². The van der Waals surface area contributed by atoms with Crippen LogP contribution in [0, 0.1) is 0 Å². The Bertz CT molecular complexity index is 578. The van der Waals surface area contributed by atoms with Gasteiger partial charge in [0.15, 0.2) is 5.16 Å². The van der Waals surface area contributed by atoms with E-state index in [-0.39, 0.29) is 17.7 Å². The largest absolute Gasteiger partial charge is 0.336 e. The summed E-state index contributed by atoms with van der Waals surface area (Å²) in [6.45, 7) is 3.69. The molecule has 0 radical (unpaired) electrons. The van der Waals surface area contributed by atoms with Crippen molar-refractivity contribution in [1.82, 2.24) is 25.4 Å². The van der Waals surface area contributed by atoms with Gasteiger partial charge >= 0.3 is 6.03 Å². The number of imide groups is 1. The second-order valence-electron chi connectivity index (χ2n) is 6.18. The molecule has 1 aromatic rings. The fourth-order valence-corrected chi connectivity index (χ4v) is 3.09. The highest BCUT2D eigenvalue weighted by molar-refractivity contribution is 7.99. The van der Waals surface area contributed by atoms with Crippen molar-refractivity contribution in [2.75, 3.05) is 5.75 Å². The zero-order chi connectivity index (χ0) is 15.7. The summed E-state index contributed by atoms with van der Waals surface area (Å²) in [5.74, 6) is 1.47. The predicted molar refractivity (Wildman–Crippen MR) is 82.8 cm³/mol. The summed E-state index contributed by atoms with van der Waals surface area (Å²) in [5.41, 5.74) is 0. The number of thioether (sulfide) groups is 1. The van der Waals surface area contributed by atoms with E-state index >= 15 is 0 Å². The van der Waals surface area contributed by atoms with E-state index in [1.807, 2.05) is 13.8 Å². The molecule has 0 bridgehead atoms. The zero-order valence-electron chi connectivity index (χ0n) is 12.8. The van der Waals surface area contributed by atoms with Crippen LogP contribution in [0.25, 0.3) is 0 Å². The molecule has 0 atom stereocenters. The van der Waals surface area contributed by atoms with Gasteiger partial charge in [-0.2, -0.15) is 0 Å². The first-order valence-corrected chi connectivity index (χ1v) is 8.71. The molecule has 2 saturated carbocycles. The molecule has 1 heterocycles. The molecule has 3 amide bonds. The number of urea groups is 1. The Morgan fingerprint density at radius 2 is 2.00 bits per heavy atom. The van der Waals surface area contributed by atoms with Gasteiger partial charge in [0.05, 0.1) is 5.75 Å². The molecule has 7 nitrogen and oxygen atoms in total. The van der Waals surface area contributed by atoms with Crippen molar-refractivity contribution in [3.05, 3.63) is 5.82 Å². The van der Waals surface area contributed by atoms with Gasteiger partial charge in [-0.25, -0.2) is 4.79 Å². The Balaban J connectivity index is 1.55. The lowest BCUT2D eigenvalue weighted by Crippen LogP contribution is -2.43. The van der Waals surface area contributed by atoms with Gasteiger partial charge in [0.25, 0.3) is 0 Å². The minimum atomic E-state index is -0.456. The topological polar surface area (TPSA) is 88.9 Å². The first-order valence-electron chi connectivity index (χ1n) is 7.72. The van der Waals surface area contributed by atoms with E-state index in [1.165, 1.54) is 24.6 Å². The lowest BCUT2D eigenvalue weighted by atomic mass is 10.4. The highest BCUT2D eigenvalue weighted by Crippen LogP contribution is 2.45. The van der Waals surface area contributed by atoms with Crippen LogP contribution in [-0.4, -0.2) is 38.5 Å². The third kappa shape index (κ3) is 3.79. The highest BCUT2D eigenvalue weighted by atomic mass is 32.2. The van der Waals surface area contributed by atoms with Gasteiger partial charge in [-0.15, -0.1) is 10.2 Å². The second-order valence-corrected chi connectivity index (χ2v) is 7.12. The van der Waals surface area contributed by atoms with Crippen LogP contribution in [-0.2, 0) is 4.79 Å². The Kier molecular flexibility index (Phi) is 4.37. The predicted octanol–water partition coefficient (Wildman–Crippen LogP) is 1.82. The molecule has 3 rings (SSSR count). The average molecular weight is 323 g/mol. The number of rotatable bonds is 6. The molecule has 0 spiro atoms. The standard InChI is InChI=1S/C14H21N5O2S/c1-8(2)15-13(21)16-11(20)7-22-14-18-17-12(9-3-4-9)19(14)10-5-6-10/h8-10H,3-7H2,1-2H3,(H2,15,16,20,21). The van der Waals surface area contributed by atoms with E-state index in [9.17, 15) is 9.59 Å². The molecule has 2 aliphatic carbocycles. The molecule has 2 aliphatic rings. The highest BCUT2D eigenvalue weighted by Gasteiger charge is 2.36. The summed E-state index contributed by atoms with van der Waals surface area (Å²) in [4.78, 5) is 23.3. The van der Waals surface area contributed by atoms with Crippen molar-refractivity contribution in [1.29, 1.82) is 0 Å². The fraction of sp³-hybridized carbons (Fsp3) is 0.714. The van der Waals surface area contributed by atoms with E-state index < -0.39 is 6.03 Å². The Morgan fingerprint density at radius 3 is 2.59 bits per heavy atom. The van der Waals surface area contributed by atoms with Crippen LogP contribution in [0.2, 0.25) is 0 Å². The molecule has 0 aliphatic heterocycles. The molecule has 0 saturated heterocycles. The maximum absolute atomic E-state index is 11.8. The first-order chi connectivity index (χ1) is 10.5. The van der Waals surface area contributed by atoms with E-state index in [1.54, 1.807) is 0 Å². The molecule has 120 valence electrons. The number of hydrogen-bond donors (Lipinski definition) is 2. The van der Waals surface area contributed by atoms with Crippen LogP contribution >= 0.6 is 11.8 Å². The summed E-state index contributed by atoms with van der Waals surface area (Å²) in [6.07, 6.45) is 4.69. The lowest BCUT2D eigenvalue weighted by Gasteiger charge is -2.10. The van der Waals surface area contributed by atoms with Crippen LogP contribution < -0.4 is 10.6 Å². The summed E-state index contributed by atoms with van der Waals surface area (Å²) in [7, 11) is 0. The Labute approximate surface area is 133 Å². The third-order valence-electron chi connectivity index (χ3n) is 3.55. The van der Waals surface area contributed by atoms with Gasteiger partial charge < -0.3 is 9.88 Å². The number of nitrogens with one attached hydrogen (secondary N) is 2. The van der Waals surface area contributed by atoms with Crippen LogP contribution in [0.5, 0.6) is 0 Å². The van der Waals surface area contributed by atoms with Crippen LogP contribution in [0.4, 0.5) is 4.79 Å². The van der Waals surface area contributed by atoms with E-state index in [0.717, 1.165) is 23.8 Å². The maximum atomic E-state index is 11.8. The second kappa shape index (κ2) is 6.28. The first kappa shape index (κ1) is 15.3. The van der Waals surface area contributed by atoms with Crippen molar-refractivity contribution in [2.24, 2.45) is 0 Å². The summed E-state index contributed by atoms with van der Waals surface area (Å²) >= 11 is 1.35. The molecule has 22 heavy (non-hydrogen) atoms. The van der Waals surface area contributed by atoms with Crippen molar-refractivity contribution in [2.45, 2.75) is 62.7 Å². The lowest BCUT2D eigenvalue weighted by molar-refractivity contribution is -0.117. The van der Waals surface area contributed by atoms with Gasteiger partial charge in [-0.1, -0.05) is 11.8 Å². The summed E-state index contributed by atoms with van der Waals surface area (Å²) in [6, 6.07) is 0.0443. The summed E-state index contributed by atoms with van der Waals surface area (Å²) < 4.78 is 2.20. The van der Waals surface area contributed by atoms with Crippen molar-refractivity contribution in [3.8, 4) is 0 Å². The van der Waals surface area contributed by atoms with Crippen LogP contribution in [0.3, 0.4) is 0 Å². The van der Waals surface area contributed by atoms with Crippen molar-refractivity contribution >= 4 is 23.7 Å². The van der Waals surface area contributed by atoms with E-state index in [0.29, 0.717) is 12.0 Å². The van der Waals surface area contributed by atoms with Crippen LogP contribution in [0.15, 0.2) is 5.16 Å². The fourth-order valence-electron chi connectivity index (χ4n) is 2.27. The monoisotopic (exact) mass is 323 g/mol. The molecule has 2 fully saturated rings. The number of carbonyl (C=O) groups is 2. The number of carbonyl (C=O) groups excluding carboxylic acids is 2. The molecule has 8 heteroatoms. The molecule has 0 aromatic carbocycles. The van der Waals surface area contributed by atoms with Gasteiger partial charge in [0.1, 0.15) is 5.82 Å². The van der Waals surface area contributed by atoms with Gasteiger partial charge in [0, 0.05) is 18.0 Å². The minimum Gasteiger partial charge on any atom is -0.336 e. The van der Waals surface area contributed by atoms with Crippen LogP contribution in [0.1, 0.15) is 57.3 Å². The minimum absolute atomic E-state index is 0.000446.